The van der Waals surface area contributed by atoms with E-state index in [1.54, 1.807) is 4.68 Å². The van der Waals surface area contributed by atoms with Gasteiger partial charge in [0.05, 0.1) is 17.8 Å². The number of aryl methyl sites for hydroxylation is 3. The number of hydrogen-bond donors (Lipinski definition) is 1. The summed E-state index contributed by atoms with van der Waals surface area (Å²) in [5.74, 6) is 1.26. The Labute approximate surface area is 193 Å². The third-order valence-electron chi connectivity index (χ3n) is 6.00. The Balaban J connectivity index is 1.40. The summed E-state index contributed by atoms with van der Waals surface area (Å²) in [5.41, 5.74) is 5.37. The molecular weight excluding hydrogens is 422 g/mol. The molecule has 4 heterocycles. The molecule has 0 aliphatic carbocycles. The van der Waals surface area contributed by atoms with E-state index < -0.39 is 0 Å². The van der Waals surface area contributed by atoms with Gasteiger partial charge in [-0.3, -0.25) is 9.69 Å². The van der Waals surface area contributed by atoms with Crippen molar-refractivity contribution in [2.75, 3.05) is 18.4 Å². The number of nitrogens with zero attached hydrogens (tertiary/aromatic N) is 6. The number of aromatic nitrogens is 5. The van der Waals surface area contributed by atoms with E-state index in [4.69, 9.17) is 0 Å². The molecule has 0 atom stereocenters. The van der Waals surface area contributed by atoms with E-state index in [1.165, 1.54) is 24.2 Å². The van der Waals surface area contributed by atoms with Gasteiger partial charge < -0.3 is 5.32 Å². The number of anilines is 1. The van der Waals surface area contributed by atoms with Crippen molar-refractivity contribution in [2.24, 2.45) is 5.92 Å². The first-order valence-corrected chi connectivity index (χ1v) is 12.0. The van der Waals surface area contributed by atoms with E-state index in [2.05, 4.69) is 37.2 Å². The number of amides is 1. The summed E-state index contributed by atoms with van der Waals surface area (Å²) in [7, 11) is 0. The fourth-order valence-electron chi connectivity index (χ4n) is 4.14. The maximum absolute atomic E-state index is 12.8. The van der Waals surface area contributed by atoms with Gasteiger partial charge in [-0.1, -0.05) is 6.92 Å². The molecule has 1 N–H and O–H groups in total. The van der Waals surface area contributed by atoms with E-state index in [0.29, 0.717) is 11.1 Å². The van der Waals surface area contributed by atoms with Crippen molar-refractivity contribution in [1.29, 1.82) is 0 Å². The van der Waals surface area contributed by atoms with Crippen LogP contribution in [0.2, 0.25) is 0 Å². The Hall–Kier alpha value is -2.65. The molecule has 0 aromatic carbocycles. The van der Waals surface area contributed by atoms with Crippen LogP contribution in [-0.2, 0) is 17.8 Å². The van der Waals surface area contributed by atoms with Gasteiger partial charge in [-0.15, -0.1) is 11.3 Å². The van der Waals surface area contributed by atoms with Gasteiger partial charge in [-0.2, -0.15) is 5.10 Å². The van der Waals surface area contributed by atoms with E-state index in [1.807, 2.05) is 39.1 Å². The van der Waals surface area contributed by atoms with Gasteiger partial charge >= 0.3 is 0 Å². The summed E-state index contributed by atoms with van der Waals surface area (Å²) in [6, 6.07) is 1.93. The average Bonchev–Trinajstić information content (AvgIpc) is 3.28. The minimum Gasteiger partial charge on any atom is -0.302 e. The lowest BCUT2D eigenvalue weighted by Crippen LogP contribution is -2.32. The van der Waals surface area contributed by atoms with Crippen LogP contribution in [0.1, 0.15) is 53.8 Å². The molecule has 32 heavy (non-hydrogen) atoms. The van der Waals surface area contributed by atoms with Gasteiger partial charge in [-0.05, 0) is 65.6 Å². The molecule has 4 rings (SSSR count). The van der Waals surface area contributed by atoms with E-state index in [9.17, 15) is 4.79 Å². The lowest BCUT2D eigenvalue weighted by Gasteiger charge is -2.29. The largest absolute Gasteiger partial charge is 0.302 e. The zero-order valence-corrected chi connectivity index (χ0v) is 20.3. The van der Waals surface area contributed by atoms with Crippen LogP contribution >= 0.6 is 11.3 Å². The zero-order valence-electron chi connectivity index (χ0n) is 19.5. The molecule has 1 aliphatic rings. The molecule has 1 saturated heterocycles. The first-order chi connectivity index (χ1) is 15.3. The lowest BCUT2D eigenvalue weighted by molar-refractivity contribution is -0.115. The van der Waals surface area contributed by atoms with E-state index in [-0.39, 0.29) is 12.3 Å². The first-order valence-electron chi connectivity index (χ1n) is 11.1. The average molecular weight is 454 g/mol. The van der Waals surface area contributed by atoms with Gasteiger partial charge in [0.15, 0.2) is 5.13 Å². The Morgan fingerprint density at radius 1 is 1.12 bits per heavy atom. The van der Waals surface area contributed by atoms with Crippen LogP contribution in [0.15, 0.2) is 11.4 Å². The van der Waals surface area contributed by atoms with Gasteiger partial charge in [0.25, 0.3) is 5.95 Å². The third-order valence-corrected chi connectivity index (χ3v) is 6.80. The number of rotatable bonds is 6. The zero-order chi connectivity index (χ0) is 22.8. The lowest BCUT2D eigenvalue weighted by atomic mass is 9.99. The molecule has 170 valence electrons. The highest BCUT2D eigenvalue weighted by Gasteiger charge is 2.19. The van der Waals surface area contributed by atoms with E-state index in [0.717, 1.165) is 59.6 Å². The number of carbonyl (C=O) groups is 1. The Morgan fingerprint density at radius 3 is 2.50 bits per heavy atom. The molecule has 0 bridgehead atoms. The molecule has 0 radical (unpaired) electrons. The van der Waals surface area contributed by atoms with Crippen LogP contribution in [0.25, 0.3) is 5.95 Å². The van der Waals surface area contributed by atoms with Crippen LogP contribution in [0.4, 0.5) is 5.13 Å². The van der Waals surface area contributed by atoms with Gasteiger partial charge in [0.1, 0.15) is 0 Å². The van der Waals surface area contributed by atoms with Crippen LogP contribution in [0.5, 0.6) is 0 Å². The van der Waals surface area contributed by atoms with Crippen molar-refractivity contribution in [3.05, 3.63) is 45.5 Å². The molecule has 3 aromatic heterocycles. The number of hydrogen-bond acceptors (Lipinski definition) is 7. The predicted octanol–water partition coefficient (Wildman–Crippen LogP) is 3.77. The van der Waals surface area contributed by atoms with Crippen molar-refractivity contribution in [2.45, 2.75) is 60.4 Å². The molecule has 1 fully saturated rings. The van der Waals surface area contributed by atoms with Crippen LogP contribution < -0.4 is 5.32 Å². The quantitative estimate of drug-likeness (QED) is 0.611. The molecule has 0 saturated carbocycles. The Morgan fingerprint density at radius 2 is 1.81 bits per heavy atom. The first kappa shape index (κ1) is 22.5. The molecule has 1 aliphatic heterocycles. The number of thiazole rings is 1. The summed E-state index contributed by atoms with van der Waals surface area (Å²) in [6.07, 6.45) is 2.72. The molecule has 3 aromatic rings. The number of nitrogens with one attached hydrogen (secondary N) is 1. The van der Waals surface area contributed by atoms with E-state index >= 15 is 0 Å². The Kier molecular flexibility index (Phi) is 6.66. The molecule has 1 amide bonds. The van der Waals surface area contributed by atoms with Crippen LogP contribution in [0, 0.1) is 33.6 Å². The van der Waals surface area contributed by atoms with Crippen molar-refractivity contribution in [3.63, 3.8) is 0 Å². The normalized spacial score (nSPS) is 15.3. The second kappa shape index (κ2) is 9.46. The van der Waals surface area contributed by atoms with Crippen molar-refractivity contribution in [1.82, 2.24) is 29.6 Å². The van der Waals surface area contributed by atoms with Crippen molar-refractivity contribution in [3.8, 4) is 5.95 Å². The van der Waals surface area contributed by atoms with Crippen LogP contribution in [-0.4, -0.2) is 48.6 Å². The van der Waals surface area contributed by atoms with Crippen LogP contribution in [0.3, 0.4) is 0 Å². The number of carbonyl (C=O) groups excluding carboxylic acids is 1. The fraction of sp³-hybridized carbons (Fsp3) is 0.522. The van der Waals surface area contributed by atoms with Gasteiger partial charge in [-0.25, -0.2) is 19.6 Å². The fourth-order valence-corrected chi connectivity index (χ4v) is 4.86. The smallest absolute Gasteiger partial charge is 0.251 e. The standard InChI is InChI=1S/C23H31N7OS/c1-14-6-8-29(9-7-14)12-19-13-32-23(26-19)27-21(31)11-20-17(4)28-30(18(20)5)22-24-15(2)10-16(3)25-22/h10,13-14H,6-9,11-12H2,1-5H3,(H,26,27,31). The molecule has 0 unspecified atom stereocenters. The minimum atomic E-state index is -0.0928. The summed E-state index contributed by atoms with van der Waals surface area (Å²) >= 11 is 1.48. The predicted molar refractivity (Wildman–Crippen MR) is 126 cm³/mol. The molecule has 9 heteroatoms. The highest BCUT2D eigenvalue weighted by atomic mass is 32.1. The minimum absolute atomic E-state index is 0.0928. The molecule has 0 spiro atoms. The van der Waals surface area contributed by atoms with Gasteiger partial charge in [0, 0.05) is 34.6 Å². The van der Waals surface area contributed by atoms with Crippen molar-refractivity contribution >= 4 is 22.4 Å². The Bertz CT molecular complexity index is 1090. The summed E-state index contributed by atoms with van der Waals surface area (Å²) in [4.78, 5) is 28.8. The topological polar surface area (TPSA) is 88.8 Å². The third kappa shape index (κ3) is 5.21. The number of piperidine rings is 1. The van der Waals surface area contributed by atoms with Crippen molar-refractivity contribution < 1.29 is 4.79 Å². The summed E-state index contributed by atoms with van der Waals surface area (Å²) < 4.78 is 1.72. The monoisotopic (exact) mass is 453 g/mol. The molecular formula is C23H31N7OS. The maximum atomic E-state index is 12.8. The SMILES string of the molecule is Cc1cc(C)nc(-n2nc(C)c(CC(=O)Nc3nc(CN4CCC(C)CC4)cs3)c2C)n1. The number of likely N-dealkylation sites (tertiary alicyclic amines) is 1. The summed E-state index contributed by atoms with van der Waals surface area (Å²) in [5, 5.41) is 10.2. The molecule has 8 nitrogen and oxygen atoms in total. The second-order valence-electron chi connectivity index (χ2n) is 8.84. The second-order valence-corrected chi connectivity index (χ2v) is 9.70. The summed E-state index contributed by atoms with van der Waals surface area (Å²) in [6.45, 7) is 13.1. The highest BCUT2D eigenvalue weighted by Crippen LogP contribution is 2.22. The maximum Gasteiger partial charge on any atom is 0.251 e. The van der Waals surface area contributed by atoms with Gasteiger partial charge in [0.2, 0.25) is 5.91 Å². The highest BCUT2D eigenvalue weighted by molar-refractivity contribution is 7.13.